The Morgan fingerprint density at radius 2 is 1.91 bits per heavy atom. The second kappa shape index (κ2) is 6.13. The molecule has 2 aromatic rings. The molecule has 1 amide bonds. The van der Waals surface area contributed by atoms with Gasteiger partial charge in [0.15, 0.2) is 0 Å². The van der Waals surface area contributed by atoms with E-state index >= 15 is 0 Å². The highest BCUT2D eigenvalue weighted by Gasteiger charge is 2.30. The van der Waals surface area contributed by atoms with Crippen molar-refractivity contribution in [2.75, 3.05) is 28.6 Å². The van der Waals surface area contributed by atoms with Crippen LogP contribution in [0.15, 0.2) is 48.5 Å². The lowest BCUT2D eigenvalue weighted by Gasteiger charge is -2.41. The molecule has 23 heavy (non-hydrogen) atoms. The van der Waals surface area contributed by atoms with E-state index in [2.05, 4.69) is 29.4 Å². The Kier molecular flexibility index (Phi) is 4.18. The third-order valence-corrected chi connectivity index (χ3v) is 4.12. The van der Waals surface area contributed by atoms with Crippen molar-refractivity contribution in [3.63, 3.8) is 0 Å². The number of hydrogen-bond acceptors (Lipinski definition) is 3. The minimum absolute atomic E-state index is 0.0781. The predicted molar refractivity (Wildman–Crippen MR) is 96.4 cm³/mol. The summed E-state index contributed by atoms with van der Waals surface area (Å²) in [5, 5.41) is 6.93. The van der Waals surface area contributed by atoms with E-state index in [9.17, 15) is 4.79 Å². The Morgan fingerprint density at radius 1 is 1.22 bits per heavy atom. The maximum Gasteiger partial charge on any atom is 0.243 e. The first kappa shape index (κ1) is 15.7. The Balaban J connectivity index is 1.77. The number of benzene rings is 2. The number of halogens is 1. The highest BCUT2D eigenvalue weighted by atomic mass is 35.5. The third kappa shape index (κ3) is 3.59. The van der Waals surface area contributed by atoms with Crippen molar-refractivity contribution in [1.82, 2.24) is 0 Å². The van der Waals surface area contributed by atoms with Crippen molar-refractivity contribution >= 4 is 34.6 Å². The second-order valence-corrected chi connectivity index (χ2v) is 6.82. The Hall–Kier alpha value is -2.20. The molecule has 0 bridgehead atoms. The molecule has 0 radical (unpaired) electrons. The summed E-state index contributed by atoms with van der Waals surface area (Å²) < 4.78 is 0. The standard InChI is InChI=1S/C18H20ClN3O/c1-18(2)12-22(16-10-6-5-9-15(16)21-18)11-17(23)20-14-8-4-3-7-13(14)19/h3-10,21H,11-12H2,1-2H3,(H,20,23). The Morgan fingerprint density at radius 3 is 2.70 bits per heavy atom. The zero-order valence-electron chi connectivity index (χ0n) is 13.3. The molecule has 4 nitrogen and oxygen atoms in total. The average molecular weight is 330 g/mol. The molecule has 1 aliphatic rings. The zero-order chi connectivity index (χ0) is 16.4. The monoisotopic (exact) mass is 329 g/mol. The zero-order valence-corrected chi connectivity index (χ0v) is 14.0. The van der Waals surface area contributed by atoms with Crippen LogP contribution in [-0.4, -0.2) is 24.5 Å². The summed E-state index contributed by atoms with van der Waals surface area (Å²) in [6.07, 6.45) is 0. The molecule has 0 atom stereocenters. The van der Waals surface area contributed by atoms with E-state index in [1.54, 1.807) is 12.1 Å². The first-order chi connectivity index (χ1) is 10.9. The lowest BCUT2D eigenvalue weighted by atomic mass is 9.99. The third-order valence-electron chi connectivity index (χ3n) is 3.79. The topological polar surface area (TPSA) is 44.4 Å². The minimum atomic E-state index is -0.0982. The van der Waals surface area contributed by atoms with Gasteiger partial charge in [0.05, 0.1) is 28.6 Å². The van der Waals surface area contributed by atoms with Gasteiger partial charge in [0.25, 0.3) is 0 Å². The van der Waals surface area contributed by atoms with Gasteiger partial charge in [-0.3, -0.25) is 4.79 Å². The first-order valence-electron chi connectivity index (χ1n) is 7.61. The van der Waals surface area contributed by atoms with Crippen LogP contribution >= 0.6 is 11.6 Å². The van der Waals surface area contributed by atoms with Crippen molar-refractivity contribution in [2.45, 2.75) is 19.4 Å². The normalized spacial score (nSPS) is 15.5. The van der Waals surface area contributed by atoms with Gasteiger partial charge in [-0.25, -0.2) is 0 Å². The smallest absolute Gasteiger partial charge is 0.243 e. The first-order valence-corrected chi connectivity index (χ1v) is 7.99. The number of para-hydroxylation sites is 3. The minimum Gasteiger partial charge on any atom is -0.377 e. The fourth-order valence-electron chi connectivity index (χ4n) is 2.89. The Labute approximate surface area is 141 Å². The lowest BCUT2D eigenvalue weighted by molar-refractivity contribution is -0.115. The van der Waals surface area contributed by atoms with E-state index in [0.29, 0.717) is 10.7 Å². The van der Waals surface area contributed by atoms with Crippen LogP contribution in [0.5, 0.6) is 0 Å². The largest absolute Gasteiger partial charge is 0.377 e. The van der Waals surface area contributed by atoms with Crippen LogP contribution in [-0.2, 0) is 4.79 Å². The molecule has 2 aromatic carbocycles. The van der Waals surface area contributed by atoms with E-state index in [1.165, 1.54) is 0 Å². The number of fused-ring (bicyclic) bond motifs is 1. The van der Waals surface area contributed by atoms with E-state index in [-0.39, 0.29) is 18.0 Å². The number of carbonyl (C=O) groups is 1. The SMILES string of the molecule is CC1(C)CN(CC(=O)Nc2ccccc2Cl)c2ccccc2N1. The number of nitrogens with zero attached hydrogens (tertiary/aromatic N) is 1. The number of carbonyl (C=O) groups excluding carboxylic acids is 1. The van der Waals surface area contributed by atoms with Crippen LogP contribution in [0.4, 0.5) is 17.1 Å². The Bertz CT molecular complexity index is 730. The van der Waals surface area contributed by atoms with E-state index in [4.69, 9.17) is 11.6 Å². The summed E-state index contributed by atoms with van der Waals surface area (Å²) in [7, 11) is 0. The summed E-state index contributed by atoms with van der Waals surface area (Å²) in [5.74, 6) is -0.0781. The molecule has 0 fully saturated rings. The van der Waals surface area contributed by atoms with Gasteiger partial charge in [0.2, 0.25) is 5.91 Å². The molecule has 1 aliphatic heterocycles. The average Bonchev–Trinajstić information content (AvgIpc) is 2.48. The van der Waals surface area contributed by atoms with Crippen molar-refractivity contribution in [3.8, 4) is 0 Å². The number of hydrogen-bond donors (Lipinski definition) is 2. The van der Waals surface area contributed by atoms with Crippen molar-refractivity contribution in [2.24, 2.45) is 0 Å². The lowest BCUT2D eigenvalue weighted by Crippen LogP contribution is -2.50. The highest BCUT2D eigenvalue weighted by molar-refractivity contribution is 6.33. The van der Waals surface area contributed by atoms with Gasteiger partial charge in [-0.05, 0) is 38.1 Å². The van der Waals surface area contributed by atoms with Gasteiger partial charge in [-0.2, -0.15) is 0 Å². The molecule has 0 aliphatic carbocycles. The van der Waals surface area contributed by atoms with Crippen LogP contribution in [0.3, 0.4) is 0 Å². The number of rotatable bonds is 3. The number of amides is 1. The molecule has 1 heterocycles. The van der Waals surface area contributed by atoms with Crippen molar-refractivity contribution < 1.29 is 4.79 Å². The van der Waals surface area contributed by atoms with Gasteiger partial charge in [0.1, 0.15) is 0 Å². The van der Waals surface area contributed by atoms with Crippen molar-refractivity contribution in [3.05, 3.63) is 53.6 Å². The highest BCUT2D eigenvalue weighted by Crippen LogP contribution is 2.34. The second-order valence-electron chi connectivity index (χ2n) is 6.41. The van der Waals surface area contributed by atoms with Crippen LogP contribution in [0.1, 0.15) is 13.8 Å². The number of anilines is 3. The van der Waals surface area contributed by atoms with E-state index < -0.39 is 0 Å². The van der Waals surface area contributed by atoms with Crippen LogP contribution in [0.25, 0.3) is 0 Å². The van der Waals surface area contributed by atoms with Gasteiger partial charge < -0.3 is 15.5 Å². The van der Waals surface area contributed by atoms with Gasteiger partial charge in [-0.1, -0.05) is 35.9 Å². The summed E-state index contributed by atoms with van der Waals surface area (Å²) in [6, 6.07) is 15.3. The number of nitrogens with one attached hydrogen (secondary N) is 2. The predicted octanol–water partition coefficient (Wildman–Crippen LogP) is 3.99. The molecule has 120 valence electrons. The van der Waals surface area contributed by atoms with Crippen LogP contribution in [0, 0.1) is 0 Å². The molecule has 5 heteroatoms. The summed E-state index contributed by atoms with van der Waals surface area (Å²) in [4.78, 5) is 14.5. The molecule has 0 spiro atoms. The fourth-order valence-corrected chi connectivity index (χ4v) is 3.07. The molecule has 0 unspecified atom stereocenters. The molecule has 3 rings (SSSR count). The summed E-state index contributed by atoms with van der Waals surface area (Å²) >= 11 is 6.10. The maximum atomic E-state index is 12.4. The van der Waals surface area contributed by atoms with Crippen molar-refractivity contribution in [1.29, 1.82) is 0 Å². The van der Waals surface area contributed by atoms with Gasteiger partial charge in [-0.15, -0.1) is 0 Å². The maximum absolute atomic E-state index is 12.4. The molecule has 2 N–H and O–H groups in total. The molecule has 0 saturated heterocycles. The quantitative estimate of drug-likeness (QED) is 0.895. The van der Waals surface area contributed by atoms with Crippen LogP contribution < -0.4 is 15.5 Å². The fraction of sp³-hybridized carbons (Fsp3) is 0.278. The summed E-state index contributed by atoms with van der Waals surface area (Å²) in [6.45, 7) is 5.29. The molecule has 0 aromatic heterocycles. The molecule has 0 saturated carbocycles. The molecular formula is C18H20ClN3O. The van der Waals surface area contributed by atoms with Crippen LogP contribution in [0.2, 0.25) is 5.02 Å². The van der Waals surface area contributed by atoms with E-state index in [1.807, 2.05) is 36.4 Å². The molecular weight excluding hydrogens is 310 g/mol. The van der Waals surface area contributed by atoms with Gasteiger partial charge in [0, 0.05) is 12.1 Å². The summed E-state index contributed by atoms with van der Waals surface area (Å²) in [5.41, 5.74) is 2.64. The van der Waals surface area contributed by atoms with E-state index in [0.717, 1.165) is 17.9 Å². The van der Waals surface area contributed by atoms with Gasteiger partial charge >= 0.3 is 0 Å².